The van der Waals surface area contributed by atoms with E-state index in [1.54, 1.807) is 20.3 Å². The van der Waals surface area contributed by atoms with Crippen LogP contribution in [0.2, 0.25) is 0 Å². The third-order valence-corrected chi connectivity index (χ3v) is 3.87. The summed E-state index contributed by atoms with van der Waals surface area (Å²) in [6.45, 7) is 0. The minimum atomic E-state index is -4.64. The second kappa shape index (κ2) is 10.5. The van der Waals surface area contributed by atoms with Crippen molar-refractivity contribution in [3.8, 4) is 17.6 Å². The van der Waals surface area contributed by atoms with Crippen LogP contribution in [0.15, 0.2) is 42.5 Å². The number of phosphoric acid groups is 1. The topological polar surface area (TPSA) is 120 Å². The number of allylic oxidation sites excluding steroid dienone is 1. The molecule has 2 aromatic rings. The molecule has 0 aliphatic rings. The molecule has 0 fully saturated rings. The van der Waals surface area contributed by atoms with Gasteiger partial charge in [-0.05, 0) is 0 Å². The maximum atomic E-state index is 9.40. The fourth-order valence-electron chi connectivity index (χ4n) is 2.01. The van der Waals surface area contributed by atoms with Gasteiger partial charge in [0.1, 0.15) is 0 Å². The van der Waals surface area contributed by atoms with Crippen LogP contribution in [0.3, 0.4) is 0 Å². The number of nitrogens with zero attached hydrogens (tertiary/aromatic N) is 1. The predicted octanol–water partition coefficient (Wildman–Crippen LogP) is 1.63. The van der Waals surface area contributed by atoms with Crippen molar-refractivity contribution >= 4 is 50.2 Å². The van der Waals surface area contributed by atoms with Crippen LogP contribution >= 0.6 is 7.82 Å². The second-order valence-corrected chi connectivity index (χ2v) is 7.34. The molecule has 132 valence electrons. The van der Waals surface area contributed by atoms with Crippen LogP contribution in [0.25, 0.3) is 11.6 Å². The van der Waals surface area contributed by atoms with Gasteiger partial charge in [0.25, 0.3) is 0 Å². The van der Waals surface area contributed by atoms with Gasteiger partial charge in [0.2, 0.25) is 0 Å². The average molecular weight is 385 g/mol. The summed E-state index contributed by atoms with van der Waals surface area (Å²) in [6, 6.07) is 15.9. The van der Waals surface area contributed by atoms with Crippen LogP contribution < -0.4 is 12.3 Å². The molecular formula is C17H17NNaO6P. The zero-order valence-electron chi connectivity index (χ0n) is 14.6. The number of methoxy groups -OCH3 is 2. The van der Waals surface area contributed by atoms with E-state index in [1.165, 1.54) is 2.81 Å². The van der Waals surface area contributed by atoms with Crippen molar-refractivity contribution < 1.29 is 28.7 Å². The first-order chi connectivity index (χ1) is 12.2. The van der Waals surface area contributed by atoms with Gasteiger partial charge in [0, 0.05) is 0 Å². The van der Waals surface area contributed by atoms with E-state index in [-0.39, 0.29) is 0 Å². The monoisotopic (exact) mass is 385 g/mol. The smallest absolute Gasteiger partial charge is 0.303 e. The summed E-state index contributed by atoms with van der Waals surface area (Å²) in [5, 5.41) is 9.40. The molecule has 0 atom stereocenters. The molecule has 0 saturated carbocycles. The zero-order chi connectivity index (χ0) is 19.7. The standard InChI is InChI=1S/C17H14NO2.Na.H3O4P/c1-19-16-9-8-14(11-17(16)20-2)15(12-18)10-13-6-4-3-5-7-13;;1-5(2,3)4/h4-11H,1-2H3;;(H3,1,2,3,4)/b15-10+;;. The van der Waals surface area contributed by atoms with Crippen molar-refractivity contribution in [3.05, 3.63) is 53.6 Å². The van der Waals surface area contributed by atoms with Gasteiger partial charge in [-0.25, -0.2) is 4.57 Å². The van der Waals surface area contributed by atoms with Crippen molar-refractivity contribution in [1.82, 2.24) is 0 Å². The largest absolute Gasteiger partial charge is 0.466 e. The summed E-state index contributed by atoms with van der Waals surface area (Å²) >= 11 is 1.03. The molecule has 0 bridgehead atoms. The minimum absolute atomic E-state index is 0.594. The molecule has 7 nitrogen and oxygen atoms in total. The van der Waals surface area contributed by atoms with Crippen molar-refractivity contribution in [2.24, 2.45) is 0 Å². The molecule has 9 heteroatoms. The van der Waals surface area contributed by atoms with E-state index in [1.807, 2.05) is 30.3 Å². The molecule has 0 heterocycles. The third-order valence-electron chi connectivity index (χ3n) is 3.20. The molecular weight excluding hydrogens is 368 g/mol. The fraction of sp³-hybridized carbons (Fsp3) is 0.118. The molecule has 3 N–H and O–H groups in total. The predicted molar refractivity (Wildman–Crippen MR) is 99.1 cm³/mol. The van der Waals surface area contributed by atoms with Crippen LogP contribution in [0.5, 0.6) is 11.5 Å². The molecule has 0 aromatic heterocycles. The van der Waals surface area contributed by atoms with E-state index < -0.39 is 7.82 Å². The van der Waals surface area contributed by atoms with Gasteiger partial charge >= 0.3 is 150 Å². The summed E-state index contributed by atoms with van der Waals surface area (Å²) in [5.74, 6) is 1.27. The maximum absolute atomic E-state index is 9.40. The van der Waals surface area contributed by atoms with E-state index in [0.29, 0.717) is 17.1 Å². The van der Waals surface area contributed by atoms with E-state index in [2.05, 4.69) is 18.2 Å². The Morgan fingerprint density at radius 3 is 2.08 bits per heavy atom. The van der Waals surface area contributed by atoms with Gasteiger partial charge in [-0.2, -0.15) is 0 Å². The van der Waals surface area contributed by atoms with Gasteiger partial charge in [0.15, 0.2) is 0 Å². The molecule has 2 aromatic carbocycles. The first-order valence-electron chi connectivity index (χ1n) is 7.37. The molecule has 2 rings (SSSR count). The van der Waals surface area contributed by atoms with E-state index in [9.17, 15) is 5.26 Å². The number of hydrogen-bond acceptors (Lipinski definition) is 4. The average Bonchev–Trinajstić information content (AvgIpc) is 2.59. The molecule has 0 spiro atoms. The van der Waals surface area contributed by atoms with Crippen LogP contribution in [0, 0.1) is 11.3 Å². The van der Waals surface area contributed by atoms with Crippen molar-refractivity contribution in [2.45, 2.75) is 0 Å². The van der Waals surface area contributed by atoms with Gasteiger partial charge in [0.05, 0.1) is 0 Å². The Kier molecular flexibility index (Phi) is 9.06. The number of ether oxygens (including phenoxy) is 2. The van der Waals surface area contributed by atoms with Crippen LogP contribution in [0.4, 0.5) is 0 Å². The van der Waals surface area contributed by atoms with Gasteiger partial charge in [-0.3, -0.25) is 0 Å². The Balaban J connectivity index is 0.000000597. The quantitative estimate of drug-likeness (QED) is 0.317. The Morgan fingerprint density at radius 1 is 1.08 bits per heavy atom. The Hall–Kier alpha value is -1.62. The van der Waals surface area contributed by atoms with Crippen molar-refractivity contribution in [1.29, 1.82) is 5.26 Å². The Bertz CT molecular complexity index is 846. The van der Waals surface area contributed by atoms with Crippen LogP contribution in [0.1, 0.15) is 11.1 Å². The normalized spacial score (nSPS) is 11.1. The third kappa shape index (κ3) is 8.17. The molecule has 0 amide bonds. The van der Waals surface area contributed by atoms with Crippen LogP contribution in [-0.2, 0) is 4.57 Å². The minimum Gasteiger partial charge on any atom is -0.303 e. The van der Waals surface area contributed by atoms with Crippen LogP contribution in [-0.4, -0.2) is 56.8 Å². The molecule has 0 saturated heterocycles. The summed E-state index contributed by atoms with van der Waals surface area (Å²) in [7, 11) is -1.46. The molecule has 26 heavy (non-hydrogen) atoms. The fourth-order valence-corrected chi connectivity index (χ4v) is 2.35. The molecule has 0 unspecified atom stereocenters. The first kappa shape index (κ1) is 22.4. The van der Waals surface area contributed by atoms with Gasteiger partial charge < -0.3 is 14.7 Å². The Morgan fingerprint density at radius 2 is 1.62 bits per heavy atom. The van der Waals surface area contributed by atoms with E-state index in [0.717, 1.165) is 39.1 Å². The number of rotatable bonds is 4. The van der Waals surface area contributed by atoms with E-state index in [4.69, 9.17) is 28.7 Å². The summed E-state index contributed by atoms with van der Waals surface area (Å²) in [6.07, 6.45) is 1.88. The molecule has 0 radical (unpaired) electrons. The maximum Gasteiger partial charge on any atom is 0.466 e. The van der Waals surface area contributed by atoms with Gasteiger partial charge in [-0.15, -0.1) is 0 Å². The number of benzene rings is 2. The summed E-state index contributed by atoms with van der Waals surface area (Å²) in [5.41, 5.74) is 2.42. The number of nitriles is 1. The second-order valence-electron chi connectivity index (χ2n) is 5.16. The van der Waals surface area contributed by atoms with Crippen molar-refractivity contribution in [3.63, 3.8) is 0 Å². The van der Waals surface area contributed by atoms with Gasteiger partial charge in [-0.1, -0.05) is 0 Å². The SMILES string of the molecule is COc1ccc(/C(C#N)=C/c2cc[c]([Na])cc2)cc1OC.O=P(O)(O)O. The zero-order valence-corrected chi connectivity index (χ0v) is 17.5. The van der Waals surface area contributed by atoms with E-state index >= 15 is 0 Å². The molecule has 0 aliphatic carbocycles. The summed E-state index contributed by atoms with van der Waals surface area (Å²) < 4.78 is 20.7. The molecule has 0 aliphatic heterocycles. The van der Waals surface area contributed by atoms with Crippen molar-refractivity contribution in [2.75, 3.05) is 14.2 Å². The Labute approximate surface area is 169 Å². The summed E-state index contributed by atoms with van der Waals surface area (Å²) in [4.78, 5) is 21.6. The number of hydrogen-bond donors (Lipinski definition) is 3. The first-order valence-corrected chi connectivity index (χ1v) is 9.93.